The van der Waals surface area contributed by atoms with Crippen LogP contribution in [0.2, 0.25) is 0 Å². The van der Waals surface area contributed by atoms with Crippen molar-refractivity contribution < 1.29 is 9.53 Å². The van der Waals surface area contributed by atoms with Crippen LogP contribution in [0.1, 0.15) is 39.0 Å². The summed E-state index contributed by atoms with van der Waals surface area (Å²) in [5.41, 5.74) is 0. The van der Waals surface area contributed by atoms with Crippen LogP contribution in [0.25, 0.3) is 0 Å². The SMILES string of the molecule is C#CC(C)OC(=O)NC1CCCCC1. The van der Waals surface area contributed by atoms with Crippen molar-refractivity contribution >= 4 is 6.09 Å². The van der Waals surface area contributed by atoms with Crippen LogP contribution in [-0.4, -0.2) is 18.2 Å². The standard InChI is InChI=1S/C11H17NO2/c1-3-9(2)14-11(13)12-10-7-5-4-6-8-10/h1,9-10H,4-8H2,2H3,(H,12,13). The fraction of sp³-hybridized carbons (Fsp3) is 0.727. The number of ether oxygens (including phenoxy) is 1. The van der Waals surface area contributed by atoms with Crippen molar-refractivity contribution in [1.82, 2.24) is 5.32 Å². The molecule has 0 spiro atoms. The average Bonchev–Trinajstić information content (AvgIpc) is 2.19. The van der Waals surface area contributed by atoms with E-state index in [0.29, 0.717) is 0 Å². The summed E-state index contributed by atoms with van der Waals surface area (Å²) in [6.45, 7) is 1.68. The summed E-state index contributed by atoms with van der Waals surface area (Å²) in [4.78, 5) is 11.3. The van der Waals surface area contributed by atoms with E-state index in [1.54, 1.807) is 6.92 Å². The van der Waals surface area contributed by atoms with E-state index in [-0.39, 0.29) is 12.1 Å². The Morgan fingerprint density at radius 3 is 2.71 bits per heavy atom. The third-order valence-corrected chi connectivity index (χ3v) is 2.45. The van der Waals surface area contributed by atoms with Crippen LogP contribution in [0.3, 0.4) is 0 Å². The van der Waals surface area contributed by atoms with Gasteiger partial charge in [0.15, 0.2) is 6.10 Å². The van der Waals surface area contributed by atoms with E-state index in [1.165, 1.54) is 19.3 Å². The van der Waals surface area contributed by atoms with Crippen molar-refractivity contribution in [3.05, 3.63) is 0 Å². The topological polar surface area (TPSA) is 38.3 Å². The molecule has 1 aliphatic carbocycles. The fourth-order valence-electron chi connectivity index (χ4n) is 1.64. The average molecular weight is 195 g/mol. The minimum Gasteiger partial charge on any atom is -0.433 e. The first-order chi connectivity index (χ1) is 6.72. The number of carbonyl (C=O) groups excluding carboxylic acids is 1. The van der Waals surface area contributed by atoms with Crippen LogP contribution in [-0.2, 0) is 4.74 Å². The molecule has 1 amide bonds. The van der Waals surface area contributed by atoms with E-state index in [4.69, 9.17) is 11.2 Å². The highest BCUT2D eigenvalue weighted by molar-refractivity contribution is 5.68. The van der Waals surface area contributed by atoms with Gasteiger partial charge in [-0.25, -0.2) is 4.79 Å². The maximum absolute atomic E-state index is 11.3. The maximum Gasteiger partial charge on any atom is 0.408 e. The molecule has 1 saturated carbocycles. The first-order valence-electron chi connectivity index (χ1n) is 5.15. The van der Waals surface area contributed by atoms with Crippen LogP contribution in [0.4, 0.5) is 4.79 Å². The summed E-state index contributed by atoms with van der Waals surface area (Å²) < 4.78 is 4.92. The first kappa shape index (κ1) is 10.9. The van der Waals surface area contributed by atoms with Gasteiger partial charge in [0.25, 0.3) is 0 Å². The second-order valence-corrected chi connectivity index (χ2v) is 3.69. The monoisotopic (exact) mass is 195 g/mol. The highest BCUT2D eigenvalue weighted by atomic mass is 16.6. The van der Waals surface area contributed by atoms with Gasteiger partial charge >= 0.3 is 6.09 Å². The van der Waals surface area contributed by atoms with Crippen molar-refractivity contribution in [2.45, 2.75) is 51.2 Å². The Morgan fingerprint density at radius 2 is 2.14 bits per heavy atom. The highest BCUT2D eigenvalue weighted by Gasteiger charge is 2.16. The lowest BCUT2D eigenvalue weighted by molar-refractivity contribution is 0.124. The molecule has 0 aromatic rings. The van der Waals surface area contributed by atoms with Crippen LogP contribution in [0, 0.1) is 12.3 Å². The number of terminal acetylenes is 1. The zero-order chi connectivity index (χ0) is 10.4. The normalized spacial score (nSPS) is 19.4. The molecule has 1 unspecified atom stereocenters. The summed E-state index contributed by atoms with van der Waals surface area (Å²) in [5.74, 6) is 2.35. The Morgan fingerprint density at radius 1 is 1.50 bits per heavy atom. The molecule has 0 saturated heterocycles. The molecule has 0 aromatic carbocycles. The fourth-order valence-corrected chi connectivity index (χ4v) is 1.64. The first-order valence-corrected chi connectivity index (χ1v) is 5.15. The molecule has 0 radical (unpaired) electrons. The summed E-state index contributed by atoms with van der Waals surface area (Å²) in [5, 5.41) is 2.83. The lowest BCUT2D eigenvalue weighted by Crippen LogP contribution is -2.37. The number of hydrogen-bond donors (Lipinski definition) is 1. The Bertz CT molecular complexity index is 226. The lowest BCUT2D eigenvalue weighted by Gasteiger charge is -2.22. The smallest absolute Gasteiger partial charge is 0.408 e. The number of hydrogen-bond acceptors (Lipinski definition) is 2. The Balaban J connectivity index is 2.22. The number of amides is 1. The van der Waals surface area contributed by atoms with E-state index < -0.39 is 6.10 Å². The lowest BCUT2D eigenvalue weighted by atomic mass is 9.96. The number of carbonyl (C=O) groups is 1. The zero-order valence-corrected chi connectivity index (χ0v) is 8.58. The third-order valence-electron chi connectivity index (χ3n) is 2.45. The summed E-state index contributed by atoms with van der Waals surface area (Å²) in [6.07, 6.45) is 10.0. The van der Waals surface area contributed by atoms with E-state index >= 15 is 0 Å². The Labute approximate surface area is 85.2 Å². The zero-order valence-electron chi connectivity index (χ0n) is 8.58. The van der Waals surface area contributed by atoms with Crippen LogP contribution >= 0.6 is 0 Å². The minimum absolute atomic E-state index is 0.279. The van der Waals surface area contributed by atoms with Gasteiger partial charge in [-0.3, -0.25) is 0 Å². The molecule has 78 valence electrons. The van der Waals surface area contributed by atoms with E-state index in [0.717, 1.165) is 12.8 Å². The molecule has 0 heterocycles. The number of rotatable bonds is 2. The van der Waals surface area contributed by atoms with Gasteiger partial charge in [-0.15, -0.1) is 6.42 Å². The van der Waals surface area contributed by atoms with Crippen molar-refractivity contribution in [2.24, 2.45) is 0 Å². The Hall–Kier alpha value is -1.17. The van der Waals surface area contributed by atoms with Crippen molar-refractivity contribution in [1.29, 1.82) is 0 Å². The molecular formula is C11H17NO2. The second kappa shape index (κ2) is 5.54. The van der Waals surface area contributed by atoms with Gasteiger partial charge in [0.05, 0.1) is 0 Å². The van der Waals surface area contributed by atoms with Crippen molar-refractivity contribution in [2.75, 3.05) is 0 Å². The Kier molecular flexibility index (Phi) is 4.31. The maximum atomic E-state index is 11.3. The quantitative estimate of drug-likeness (QED) is 0.685. The number of alkyl carbamates (subject to hydrolysis) is 1. The predicted octanol–water partition coefficient (Wildman–Crippen LogP) is 2.07. The van der Waals surface area contributed by atoms with Crippen molar-refractivity contribution in [3.8, 4) is 12.3 Å². The molecule has 3 nitrogen and oxygen atoms in total. The molecule has 0 aromatic heterocycles. The molecule has 1 aliphatic rings. The van der Waals surface area contributed by atoms with Gasteiger partial charge < -0.3 is 10.1 Å². The van der Waals surface area contributed by atoms with Gasteiger partial charge in [-0.2, -0.15) is 0 Å². The third kappa shape index (κ3) is 3.69. The number of nitrogens with one attached hydrogen (secondary N) is 1. The van der Waals surface area contributed by atoms with Gasteiger partial charge in [-0.1, -0.05) is 25.2 Å². The highest BCUT2D eigenvalue weighted by Crippen LogP contribution is 2.17. The van der Waals surface area contributed by atoms with Crippen LogP contribution in [0.15, 0.2) is 0 Å². The molecule has 14 heavy (non-hydrogen) atoms. The minimum atomic E-state index is -0.446. The van der Waals surface area contributed by atoms with Crippen molar-refractivity contribution in [3.63, 3.8) is 0 Å². The summed E-state index contributed by atoms with van der Waals surface area (Å²) >= 11 is 0. The second-order valence-electron chi connectivity index (χ2n) is 3.69. The van der Waals surface area contributed by atoms with Crippen LogP contribution in [0.5, 0.6) is 0 Å². The van der Waals surface area contributed by atoms with E-state index in [1.807, 2.05) is 0 Å². The molecule has 0 aliphatic heterocycles. The van der Waals surface area contributed by atoms with Crippen LogP contribution < -0.4 is 5.32 Å². The molecule has 3 heteroatoms. The van der Waals surface area contributed by atoms with Gasteiger partial charge in [0.2, 0.25) is 0 Å². The van der Waals surface area contributed by atoms with Gasteiger partial charge in [-0.05, 0) is 19.8 Å². The molecule has 0 bridgehead atoms. The predicted molar refractivity (Wildman–Crippen MR) is 54.8 cm³/mol. The summed E-state index contributed by atoms with van der Waals surface area (Å²) in [6, 6.07) is 0.279. The van der Waals surface area contributed by atoms with Gasteiger partial charge in [0, 0.05) is 6.04 Å². The molecule has 1 rings (SSSR count). The summed E-state index contributed by atoms with van der Waals surface area (Å²) in [7, 11) is 0. The molecule has 1 N–H and O–H groups in total. The molecule has 1 fully saturated rings. The van der Waals surface area contributed by atoms with E-state index in [2.05, 4.69) is 11.2 Å². The van der Waals surface area contributed by atoms with E-state index in [9.17, 15) is 4.79 Å². The largest absolute Gasteiger partial charge is 0.433 e. The molecular weight excluding hydrogens is 178 g/mol. The van der Waals surface area contributed by atoms with Gasteiger partial charge in [0.1, 0.15) is 0 Å². The molecule has 1 atom stereocenters.